The quantitative estimate of drug-likeness (QED) is 0.760. The summed E-state index contributed by atoms with van der Waals surface area (Å²) in [6, 6.07) is 0. The van der Waals surface area contributed by atoms with Crippen LogP contribution in [0.4, 0.5) is 0 Å². The van der Waals surface area contributed by atoms with Gasteiger partial charge in [0, 0.05) is 18.9 Å². The second kappa shape index (κ2) is 4.22. The number of aromatic nitrogens is 5. The van der Waals surface area contributed by atoms with Crippen molar-refractivity contribution in [3.8, 4) is 0 Å². The van der Waals surface area contributed by atoms with E-state index in [1.54, 1.807) is 4.68 Å². The number of hydrogen-bond donors (Lipinski definition) is 1. The van der Waals surface area contributed by atoms with Crippen molar-refractivity contribution in [1.82, 2.24) is 24.8 Å². The van der Waals surface area contributed by atoms with Gasteiger partial charge >= 0.3 is 0 Å². The second-order valence-electron chi connectivity index (χ2n) is 3.46. The first-order valence-corrected chi connectivity index (χ1v) is 4.86. The number of nitrogens with two attached hydrogens (primary N) is 1. The monoisotopic (exact) mass is 206 g/mol. The van der Waals surface area contributed by atoms with Gasteiger partial charge in [-0.3, -0.25) is 9.36 Å². The zero-order valence-corrected chi connectivity index (χ0v) is 8.67. The van der Waals surface area contributed by atoms with Crippen molar-refractivity contribution in [1.29, 1.82) is 0 Å². The van der Waals surface area contributed by atoms with E-state index >= 15 is 0 Å². The summed E-state index contributed by atoms with van der Waals surface area (Å²) in [5, 5.41) is 12.1. The van der Waals surface area contributed by atoms with E-state index in [-0.39, 0.29) is 0 Å². The van der Waals surface area contributed by atoms with Crippen molar-refractivity contribution in [2.75, 3.05) is 0 Å². The van der Waals surface area contributed by atoms with E-state index in [4.69, 9.17) is 5.73 Å². The maximum absolute atomic E-state index is 5.44. The standard InChI is InChI=1S/C9H14N6/c1-8-5-11-14(6-8)2-3-15-7-9(4-10)12-13-15/h5-7H,2-4,10H2,1H3. The third-order valence-corrected chi connectivity index (χ3v) is 2.12. The van der Waals surface area contributed by atoms with Crippen molar-refractivity contribution in [3.05, 3.63) is 29.8 Å². The summed E-state index contributed by atoms with van der Waals surface area (Å²) in [6.45, 7) is 4.00. The summed E-state index contributed by atoms with van der Waals surface area (Å²) in [6.07, 6.45) is 5.70. The minimum atomic E-state index is 0.431. The molecule has 0 radical (unpaired) electrons. The largest absolute Gasteiger partial charge is 0.325 e. The molecule has 80 valence electrons. The van der Waals surface area contributed by atoms with Gasteiger partial charge in [0.25, 0.3) is 0 Å². The molecule has 0 fully saturated rings. The third kappa shape index (κ3) is 2.41. The summed E-state index contributed by atoms with van der Waals surface area (Å²) < 4.78 is 3.67. The number of aryl methyl sites for hydroxylation is 3. The van der Waals surface area contributed by atoms with Gasteiger partial charge in [0.1, 0.15) is 0 Å². The lowest BCUT2D eigenvalue weighted by atomic mass is 10.4. The molecule has 0 aliphatic heterocycles. The van der Waals surface area contributed by atoms with E-state index in [1.807, 2.05) is 30.2 Å². The molecule has 0 atom stereocenters. The first-order chi connectivity index (χ1) is 7.28. The first-order valence-electron chi connectivity index (χ1n) is 4.86. The number of hydrogen-bond acceptors (Lipinski definition) is 4. The molecule has 2 aromatic heterocycles. The predicted octanol–water partition coefficient (Wildman–Crippen LogP) is -0.0581. The smallest absolute Gasteiger partial charge is 0.0962 e. The molecule has 0 spiro atoms. The summed E-state index contributed by atoms with van der Waals surface area (Å²) >= 11 is 0. The highest BCUT2D eigenvalue weighted by Crippen LogP contribution is 1.96. The van der Waals surface area contributed by atoms with Crippen molar-refractivity contribution >= 4 is 0 Å². The van der Waals surface area contributed by atoms with Crippen LogP contribution >= 0.6 is 0 Å². The SMILES string of the molecule is Cc1cnn(CCn2cc(CN)nn2)c1. The van der Waals surface area contributed by atoms with Crippen LogP contribution in [0.15, 0.2) is 18.6 Å². The molecule has 0 unspecified atom stereocenters. The van der Waals surface area contributed by atoms with E-state index in [0.717, 1.165) is 24.3 Å². The van der Waals surface area contributed by atoms with Crippen molar-refractivity contribution in [3.63, 3.8) is 0 Å². The highest BCUT2D eigenvalue weighted by atomic mass is 15.4. The fourth-order valence-electron chi connectivity index (χ4n) is 1.34. The Labute approximate surface area is 87.7 Å². The molecular weight excluding hydrogens is 192 g/mol. The molecule has 2 rings (SSSR count). The second-order valence-corrected chi connectivity index (χ2v) is 3.46. The van der Waals surface area contributed by atoms with Crippen LogP contribution in [0.1, 0.15) is 11.3 Å². The van der Waals surface area contributed by atoms with Crippen LogP contribution in [-0.2, 0) is 19.6 Å². The summed E-state index contributed by atoms with van der Waals surface area (Å²) in [7, 11) is 0. The third-order valence-electron chi connectivity index (χ3n) is 2.12. The number of rotatable bonds is 4. The van der Waals surface area contributed by atoms with E-state index in [0.29, 0.717) is 6.54 Å². The minimum absolute atomic E-state index is 0.431. The van der Waals surface area contributed by atoms with Crippen LogP contribution in [-0.4, -0.2) is 24.8 Å². The Morgan fingerprint density at radius 1 is 1.27 bits per heavy atom. The van der Waals surface area contributed by atoms with E-state index in [2.05, 4.69) is 15.4 Å². The van der Waals surface area contributed by atoms with Crippen LogP contribution < -0.4 is 5.73 Å². The van der Waals surface area contributed by atoms with E-state index < -0.39 is 0 Å². The Morgan fingerprint density at radius 2 is 2.07 bits per heavy atom. The first kappa shape index (κ1) is 9.85. The number of nitrogens with zero attached hydrogens (tertiary/aromatic N) is 5. The van der Waals surface area contributed by atoms with Crippen LogP contribution in [0.3, 0.4) is 0 Å². The average Bonchev–Trinajstić information content (AvgIpc) is 2.83. The average molecular weight is 206 g/mol. The summed E-state index contributed by atoms with van der Waals surface area (Å²) in [5.41, 5.74) is 7.42. The molecule has 0 saturated carbocycles. The van der Waals surface area contributed by atoms with Crippen LogP contribution in [0.25, 0.3) is 0 Å². The van der Waals surface area contributed by atoms with Crippen molar-refractivity contribution in [2.45, 2.75) is 26.6 Å². The van der Waals surface area contributed by atoms with Gasteiger partial charge in [-0.2, -0.15) is 5.10 Å². The molecule has 2 N–H and O–H groups in total. The van der Waals surface area contributed by atoms with Crippen LogP contribution in [0, 0.1) is 6.92 Å². The maximum Gasteiger partial charge on any atom is 0.0962 e. The van der Waals surface area contributed by atoms with Gasteiger partial charge in [-0.1, -0.05) is 5.21 Å². The lowest BCUT2D eigenvalue weighted by Gasteiger charge is -2.00. The Balaban J connectivity index is 1.93. The van der Waals surface area contributed by atoms with E-state index in [9.17, 15) is 0 Å². The molecule has 6 heteroatoms. The molecule has 2 aromatic rings. The van der Waals surface area contributed by atoms with Gasteiger partial charge in [-0.25, -0.2) is 0 Å². The van der Waals surface area contributed by atoms with Gasteiger partial charge in [0.05, 0.1) is 25.0 Å². The molecular formula is C9H14N6. The highest BCUT2D eigenvalue weighted by molar-refractivity contribution is 4.99. The molecule has 0 aliphatic carbocycles. The van der Waals surface area contributed by atoms with Crippen LogP contribution in [0.2, 0.25) is 0 Å². The Bertz CT molecular complexity index is 429. The lowest BCUT2D eigenvalue weighted by molar-refractivity contribution is 0.489. The van der Waals surface area contributed by atoms with Crippen molar-refractivity contribution < 1.29 is 0 Å². The highest BCUT2D eigenvalue weighted by Gasteiger charge is 1.99. The van der Waals surface area contributed by atoms with Gasteiger partial charge in [0.2, 0.25) is 0 Å². The van der Waals surface area contributed by atoms with E-state index in [1.165, 1.54) is 0 Å². The molecule has 0 bridgehead atoms. The molecule has 0 saturated heterocycles. The zero-order chi connectivity index (χ0) is 10.7. The Kier molecular flexibility index (Phi) is 2.77. The fraction of sp³-hybridized carbons (Fsp3) is 0.444. The summed E-state index contributed by atoms with van der Waals surface area (Å²) in [4.78, 5) is 0. The van der Waals surface area contributed by atoms with Gasteiger partial charge in [-0.15, -0.1) is 5.10 Å². The topological polar surface area (TPSA) is 74.5 Å². The van der Waals surface area contributed by atoms with Gasteiger partial charge in [-0.05, 0) is 12.5 Å². The lowest BCUT2D eigenvalue weighted by Crippen LogP contribution is -2.08. The molecule has 0 aliphatic rings. The normalized spacial score (nSPS) is 10.8. The maximum atomic E-state index is 5.44. The molecule has 15 heavy (non-hydrogen) atoms. The predicted molar refractivity (Wildman–Crippen MR) is 54.9 cm³/mol. The Morgan fingerprint density at radius 3 is 2.67 bits per heavy atom. The molecule has 0 amide bonds. The van der Waals surface area contributed by atoms with Gasteiger partial charge in [0.15, 0.2) is 0 Å². The zero-order valence-electron chi connectivity index (χ0n) is 8.67. The molecule has 2 heterocycles. The summed E-state index contributed by atoms with van der Waals surface area (Å²) in [5.74, 6) is 0. The minimum Gasteiger partial charge on any atom is -0.325 e. The van der Waals surface area contributed by atoms with Crippen molar-refractivity contribution in [2.24, 2.45) is 5.73 Å². The Hall–Kier alpha value is -1.69. The van der Waals surface area contributed by atoms with Crippen LogP contribution in [0.5, 0.6) is 0 Å². The molecule has 0 aromatic carbocycles. The molecule has 6 nitrogen and oxygen atoms in total. The fourth-order valence-corrected chi connectivity index (χ4v) is 1.34. The van der Waals surface area contributed by atoms with Gasteiger partial charge < -0.3 is 5.73 Å².